The van der Waals surface area contributed by atoms with Gasteiger partial charge < -0.3 is 5.73 Å². The Morgan fingerprint density at radius 2 is 2.17 bits per heavy atom. The maximum Gasteiger partial charge on any atom is 0.162 e. The Kier molecular flexibility index (Phi) is 2.47. The van der Waals surface area contributed by atoms with Gasteiger partial charge >= 0.3 is 0 Å². The Morgan fingerprint density at radius 3 is 2.67 bits per heavy atom. The van der Waals surface area contributed by atoms with Gasteiger partial charge in [-0.05, 0) is 35.0 Å². The smallest absolute Gasteiger partial charge is 0.162 e. The highest BCUT2D eigenvalue weighted by molar-refractivity contribution is 9.10. The van der Waals surface area contributed by atoms with Crippen molar-refractivity contribution in [3.05, 3.63) is 28.0 Å². The van der Waals surface area contributed by atoms with Crippen molar-refractivity contribution in [3.8, 4) is 0 Å². The first kappa shape index (κ1) is 9.19. The summed E-state index contributed by atoms with van der Waals surface area (Å²) >= 11 is 3.05. The van der Waals surface area contributed by atoms with Gasteiger partial charge in [0.2, 0.25) is 0 Å². The number of anilines is 1. The summed E-state index contributed by atoms with van der Waals surface area (Å²) in [4.78, 5) is 10.9. The number of benzene rings is 1. The summed E-state index contributed by atoms with van der Waals surface area (Å²) in [5, 5.41) is 0. The highest BCUT2D eigenvalue weighted by Gasteiger charge is 2.09. The van der Waals surface area contributed by atoms with Crippen LogP contribution in [0.5, 0.6) is 0 Å². The molecule has 12 heavy (non-hydrogen) atoms. The van der Waals surface area contributed by atoms with Crippen molar-refractivity contribution in [1.29, 1.82) is 0 Å². The highest BCUT2D eigenvalue weighted by Crippen LogP contribution is 2.24. The number of carbonyl (C=O) groups excluding carboxylic acids is 1. The monoisotopic (exact) mass is 231 g/mol. The summed E-state index contributed by atoms with van der Waals surface area (Å²) in [7, 11) is 0. The lowest BCUT2D eigenvalue weighted by Gasteiger charge is -2.03. The van der Waals surface area contributed by atoms with Crippen LogP contribution in [-0.2, 0) is 0 Å². The molecule has 0 aliphatic heterocycles. The van der Waals surface area contributed by atoms with Crippen LogP contribution < -0.4 is 5.73 Å². The molecule has 0 aliphatic carbocycles. The van der Waals surface area contributed by atoms with Gasteiger partial charge in [0.05, 0.1) is 5.69 Å². The molecule has 0 atom stereocenters. The molecule has 0 saturated carbocycles. The molecule has 1 rings (SSSR count). The minimum Gasteiger partial charge on any atom is -0.397 e. The fraction of sp³-hybridized carbons (Fsp3) is 0.125. The topological polar surface area (TPSA) is 43.1 Å². The summed E-state index contributed by atoms with van der Waals surface area (Å²) in [5.74, 6) is -0.714. The molecule has 0 spiro atoms. The molecule has 2 nitrogen and oxygen atoms in total. The van der Waals surface area contributed by atoms with Crippen LogP contribution >= 0.6 is 15.9 Å². The molecule has 64 valence electrons. The third kappa shape index (κ3) is 1.64. The predicted molar refractivity (Wildman–Crippen MR) is 48.5 cm³/mol. The van der Waals surface area contributed by atoms with Gasteiger partial charge in [0.1, 0.15) is 5.82 Å². The molecule has 0 bridgehead atoms. The highest BCUT2D eigenvalue weighted by atomic mass is 79.9. The molecular weight excluding hydrogens is 225 g/mol. The summed E-state index contributed by atoms with van der Waals surface area (Å²) in [5.41, 5.74) is 6.01. The van der Waals surface area contributed by atoms with Crippen molar-refractivity contribution in [3.63, 3.8) is 0 Å². The van der Waals surface area contributed by atoms with Crippen LogP contribution in [0.3, 0.4) is 0 Å². The van der Waals surface area contributed by atoms with E-state index < -0.39 is 5.82 Å². The lowest BCUT2D eigenvalue weighted by Crippen LogP contribution is -2.01. The first-order valence-corrected chi connectivity index (χ1v) is 4.07. The molecule has 0 aromatic heterocycles. The van der Waals surface area contributed by atoms with Crippen LogP contribution in [0.2, 0.25) is 0 Å². The largest absolute Gasteiger partial charge is 0.397 e. The number of halogens is 2. The molecule has 0 aliphatic rings. The van der Waals surface area contributed by atoms with Gasteiger partial charge in [-0.15, -0.1) is 0 Å². The minimum atomic E-state index is -0.471. The average molecular weight is 232 g/mol. The van der Waals surface area contributed by atoms with Crippen LogP contribution in [0.1, 0.15) is 17.3 Å². The normalized spacial score (nSPS) is 9.92. The molecule has 1 aromatic rings. The van der Waals surface area contributed by atoms with Gasteiger partial charge in [-0.3, -0.25) is 4.79 Å². The van der Waals surface area contributed by atoms with Crippen LogP contribution in [0.25, 0.3) is 0 Å². The lowest BCUT2D eigenvalue weighted by molar-refractivity contribution is 0.101. The first-order valence-electron chi connectivity index (χ1n) is 3.28. The maximum atomic E-state index is 12.7. The number of ketones is 1. The van der Waals surface area contributed by atoms with Crippen molar-refractivity contribution in [2.75, 3.05) is 5.73 Å². The van der Waals surface area contributed by atoms with Gasteiger partial charge in [-0.25, -0.2) is 4.39 Å². The molecule has 0 amide bonds. The fourth-order valence-electron chi connectivity index (χ4n) is 0.876. The molecule has 0 heterocycles. The SMILES string of the molecule is CC(=O)c1cc(F)cc(Br)c1N. The minimum absolute atomic E-state index is 0.210. The first-order chi connectivity index (χ1) is 5.52. The van der Waals surface area contributed by atoms with Crippen LogP contribution in [0.4, 0.5) is 10.1 Å². The average Bonchev–Trinajstić information content (AvgIpc) is 1.96. The van der Waals surface area contributed by atoms with Gasteiger partial charge in [0.25, 0.3) is 0 Å². The molecule has 0 unspecified atom stereocenters. The number of hydrogen-bond donors (Lipinski definition) is 1. The van der Waals surface area contributed by atoms with E-state index in [9.17, 15) is 9.18 Å². The molecular formula is C8H7BrFNO. The van der Waals surface area contributed by atoms with E-state index in [-0.39, 0.29) is 17.0 Å². The number of carbonyl (C=O) groups is 1. The van der Waals surface area contributed by atoms with Crippen LogP contribution in [0.15, 0.2) is 16.6 Å². The second-order valence-electron chi connectivity index (χ2n) is 2.41. The van der Waals surface area contributed by atoms with Gasteiger partial charge in [0.15, 0.2) is 5.78 Å². The van der Waals surface area contributed by atoms with Crippen molar-refractivity contribution < 1.29 is 9.18 Å². The number of Topliss-reactive ketones (excluding diaryl/α,β-unsaturated/α-hetero) is 1. The quantitative estimate of drug-likeness (QED) is 0.596. The van der Waals surface area contributed by atoms with Crippen molar-refractivity contribution >= 4 is 27.4 Å². The Morgan fingerprint density at radius 1 is 1.58 bits per heavy atom. The second-order valence-corrected chi connectivity index (χ2v) is 3.26. The van der Waals surface area contributed by atoms with Crippen LogP contribution in [0, 0.1) is 5.82 Å². The fourth-order valence-corrected chi connectivity index (χ4v) is 1.31. The summed E-state index contributed by atoms with van der Waals surface area (Å²) in [6.07, 6.45) is 0. The molecule has 0 radical (unpaired) electrons. The second kappa shape index (κ2) is 3.23. The summed E-state index contributed by atoms with van der Waals surface area (Å²) in [6, 6.07) is 2.35. The number of hydrogen-bond acceptors (Lipinski definition) is 2. The zero-order valence-corrected chi connectivity index (χ0v) is 7.98. The third-order valence-electron chi connectivity index (χ3n) is 1.47. The number of rotatable bonds is 1. The Balaban J connectivity index is 3.37. The van der Waals surface area contributed by atoms with E-state index in [1.807, 2.05) is 0 Å². The molecule has 2 N–H and O–H groups in total. The Bertz CT molecular complexity index is 338. The standard InChI is InChI=1S/C8H7BrFNO/c1-4(12)6-2-5(10)3-7(9)8(6)11/h2-3H,11H2,1H3. The zero-order valence-electron chi connectivity index (χ0n) is 6.40. The number of nitrogen functional groups attached to an aromatic ring is 1. The third-order valence-corrected chi connectivity index (χ3v) is 2.13. The molecule has 0 saturated heterocycles. The molecule has 1 aromatic carbocycles. The van der Waals surface area contributed by atoms with Gasteiger partial charge in [-0.1, -0.05) is 0 Å². The van der Waals surface area contributed by atoms with Crippen molar-refractivity contribution in [1.82, 2.24) is 0 Å². The van der Waals surface area contributed by atoms with Gasteiger partial charge in [0, 0.05) is 10.0 Å². The van der Waals surface area contributed by atoms with E-state index >= 15 is 0 Å². The van der Waals surface area contributed by atoms with E-state index in [1.54, 1.807) is 0 Å². The van der Waals surface area contributed by atoms with E-state index in [4.69, 9.17) is 5.73 Å². The van der Waals surface area contributed by atoms with Crippen molar-refractivity contribution in [2.45, 2.75) is 6.92 Å². The lowest BCUT2D eigenvalue weighted by atomic mass is 10.1. The van der Waals surface area contributed by atoms with E-state index in [2.05, 4.69) is 15.9 Å². The van der Waals surface area contributed by atoms with Crippen LogP contribution in [-0.4, -0.2) is 5.78 Å². The van der Waals surface area contributed by atoms with E-state index in [1.165, 1.54) is 13.0 Å². The maximum absolute atomic E-state index is 12.7. The molecule has 4 heteroatoms. The van der Waals surface area contributed by atoms with E-state index in [0.717, 1.165) is 6.07 Å². The number of nitrogens with two attached hydrogens (primary N) is 1. The van der Waals surface area contributed by atoms with Crippen molar-refractivity contribution in [2.24, 2.45) is 0 Å². The predicted octanol–water partition coefficient (Wildman–Crippen LogP) is 2.37. The summed E-state index contributed by atoms with van der Waals surface area (Å²) < 4.78 is 13.1. The van der Waals surface area contributed by atoms with Gasteiger partial charge in [-0.2, -0.15) is 0 Å². The Labute approximate surface area is 77.7 Å². The Hall–Kier alpha value is -0.900. The van der Waals surface area contributed by atoms with E-state index in [0.29, 0.717) is 4.47 Å². The zero-order chi connectivity index (χ0) is 9.30. The summed E-state index contributed by atoms with van der Waals surface area (Å²) in [6.45, 7) is 1.34. The molecule has 0 fully saturated rings.